The topological polar surface area (TPSA) is 87.7 Å². The average Bonchev–Trinajstić information content (AvgIpc) is 2.35. The summed E-state index contributed by atoms with van der Waals surface area (Å²) in [5.41, 5.74) is -0.798. The maximum absolute atomic E-state index is 13.9. The SMILES string of the molecule is CCC[C@H](NC(=O)OC(C)(C)C)C(O)C(F)(F)C(=O)NCC. The quantitative estimate of drug-likeness (QED) is 0.666. The smallest absolute Gasteiger partial charge is 0.407 e. The van der Waals surface area contributed by atoms with Gasteiger partial charge in [0.25, 0.3) is 5.91 Å². The van der Waals surface area contributed by atoms with E-state index in [1.165, 1.54) is 6.92 Å². The summed E-state index contributed by atoms with van der Waals surface area (Å²) in [5, 5.41) is 14.0. The first-order chi connectivity index (χ1) is 9.95. The number of aliphatic hydroxyl groups is 1. The number of nitrogens with one attached hydrogen (secondary N) is 2. The zero-order chi connectivity index (χ0) is 17.6. The molecule has 0 aromatic rings. The second kappa shape index (κ2) is 8.26. The van der Waals surface area contributed by atoms with Crippen LogP contribution in [0.25, 0.3) is 0 Å². The number of carbonyl (C=O) groups excluding carboxylic acids is 2. The van der Waals surface area contributed by atoms with Gasteiger partial charge in [-0.25, -0.2) is 4.79 Å². The molecule has 0 radical (unpaired) electrons. The van der Waals surface area contributed by atoms with Crippen molar-refractivity contribution in [2.45, 2.75) is 71.1 Å². The summed E-state index contributed by atoms with van der Waals surface area (Å²) in [7, 11) is 0. The minimum Gasteiger partial charge on any atom is -0.444 e. The van der Waals surface area contributed by atoms with Gasteiger partial charge in [-0.05, 0) is 34.1 Å². The van der Waals surface area contributed by atoms with Crippen LogP contribution in [0, 0.1) is 0 Å². The van der Waals surface area contributed by atoms with Gasteiger partial charge in [-0.1, -0.05) is 13.3 Å². The van der Waals surface area contributed by atoms with Gasteiger partial charge in [0.05, 0.1) is 6.04 Å². The first-order valence-corrected chi connectivity index (χ1v) is 7.29. The van der Waals surface area contributed by atoms with E-state index in [0.717, 1.165) is 0 Å². The highest BCUT2D eigenvalue weighted by Crippen LogP contribution is 2.24. The highest BCUT2D eigenvalue weighted by molar-refractivity contribution is 5.84. The number of aliphatic hydroxyl groups excluding tert-OH is 1. The molecular formula is C14H26F2N2O4. The van der Waals surface area contributed by atoms with Crippen molar-refractivity contribution in [3.8, 4) is 0 Å². The Kier molecular flexibility index (Phi) is 7.72. The van der Waals surface area contributed by atoms with Crippen LogP contribution >= 0.6 is 0 Å². The largest absolute Gasteiger partial charge is 0.444 e. The van der Waals surface area contributed by atoms with Crippen LogP contribution in [-0.2, 0) is 9.53 Å². The van der Waals surface area contributed by atoms with E-state index in [9.17, 15) is 23.5 Å². The van der Waals surface area contributed by atoms with Crippen molar-refractivity contribution in [3.05, 3.63) is 0 Å². The van der Waals surface area contributed by atoms with Crippen molar-refractivity contribution in [2.75, 3.05) is 6.54 Å². The maximum atomic E-state index is 13.9. The molecule has 2 atom stereocenters. The van der Waals surface area contributed by atoms with E-state index in [1.54, 1.807) is 27.7 Å². The Bertz CT molecular complexity index is 384. The zero-order valence-electron chi connectivity index (χ0n) is 13.7. The normalized spacial score (nSPS) is 14.9. The number of ether oxygens (including phenoxy) is 1. The molecule has 0 saturated carbocycles. The fourth-order valence-corrected chi connectivity index (χ4v) is 1.74. The molecule has 0 aromatic heterocycles. The van der Waals surface area contributed by atoms with Crippen LogP contribution < -0.4 is 10.6 Å². The monoisotopic (exact) mass is 324 g/mol. The van der Waals surface area contributed by atoms with Crippen LogP contribution in [0.2, 0.25) is 0 Å². The van der Waals surface area contributed by atoms with Crippen molar-refractivity contribution in [2.24, 2.45) is 0 Å². The van der Waals surface area contributed by atoms with Crippen LogP contribution in [-0.4, -0.2) is 47.3 Å². The van der Waals surface area contributed by atoms with Gasteiger partial charge >= 0.3 is 12.0 Å². The molecule has 0 aromatic carbocycles. The van der Waals surface area contributed by atoms with Gasteiger partial charge in [0.1, 0.15) is 11.7 Å². The van der Waals surface area contributed by atoms with E-state index in [0.29, 0.717) is 6.42 Å². The van der Waals surface area contributed by atoms with Crippen molar-refractivity contribution in [1.82, 2.24) is 10.6 Å². The van der Waals surface area contributed by atoms with Gasteiger partial charge in [-0.15, -0.1) is 0 Å². The number of halogens is 2. The van der Waals surface area contributed by atoms with Crippen LogP contribution in [0.15, 0.2) is 0 Å². The predicted octanol–water partition coefficient (Wildman–Crippen LogP) is 1.81. The average molecular weight is 324 g/mol. The number of alkyl halides is 2. The molecule has 0 bridgehead atoms. The lowest BCUT2D eigenvalue weighted by Crippen LogP contribution is -2.57. The molecule has 0 aliphatic carbocycles. The lowest BCUT2D eigenvalue weighted by Gasteiger charge is -2.30. The number of carbonyl (C=O) groups is 2. The standard InChI is InChI=1S/C14H26F2N2O4/c1-6-8-9(18-12(21)22-13(3,4)5)10(19)14(15,16)11(20)17-7-2/h9-10,19H,6-8H2,1-5H3,(H,17,20)(H,18,21)/t9-,10?/m0/s1. The lowest BCUT2D eigenvalue weighted by atomic mass is 9.99. The first-order valence-electron chi connectivity index (χ1n) is 7.29. The number of hydrogen-bond donors (Lipinski definition) is 3. The third-order valence-electron chi connectivity index (χ3n) is 2.69. The summed E-state index contributed by atoms with van der Waals surface area (Å²) in [6.07, 6.45) is -2.75. The molecule has 22 heavy (non-hydrogen) atoms. The minimum absolute atomic E-state index is 0.0130. The first kappa shape index (κ1) is 20.6. The molecule has 0 fully saturated rings. The molecule has 0 rings (SSSR count). The van der Waals surface area contributed by atoms with Gasteiger partial charge in [0, 0.05) is 6.54 Å². The van der Waals surface area contributed by atoms with Crippen molar-refractivity contribution in [3.63, 3.8) is 0 Å². The Balaban J connectivity index is 5.00. The molecule has 1 unspecified atom stereocenters. The summed E-state index contributed by atoms with van der Waals surface area (Å²) in [5.74, 6) is -5.58. The van der Waals surface area contributed by atoms with Crippen molar-refractivity contribution in [1.29, 1.82) is 0 Å². The van der Waals surface area contributed by atoms with Gasteiger partial charge < -0.3 is 20.5 Å². The third kappa shape index (κ3) is 6.55. The van der Waals surface area contributed by atoms with Gasteiger partial charge in [-0.3, -0.25) is 4.79 Å². The van der Waals surface area contributed by atoms with E-state index < -0.39 is 35.7 Å². The summed E-state index contributed by atoms with van der Waals surface area (Å²) in [6, 6.07) is -1.29. The van der Waals surface area contributed by atoms with Crippen molar-refractivity contribution >= 4 is 12.0 Å². The fraction of sp³-hybridized carbons (Fsp3) is 0.857. The van der Waals surface area contributed by atoms with Gasteiger partial charge in [0.15, 0.2) is 0 Å². The van der Waals surface area contributed by atoms with E-state index in [-0.39, 0.29) is 13.0 Å². The minimum atomic E-state index is -4.01. The van der Waals surface area contributed by atoms with Crippen LogP contribution in [0.1, 0.15) is 47.5 Å². The van der Waals surface area contributed by atoms with E-state index >= 15 is 0 Å². The van der Waals surface area contributed by atoms with E-state index in [2.05, 4.69) is 5.32 Å². The molecule has 6 nitrogen and oxygen atoms in total. The van der Waals surface area contributed by atoms with Gasteiger partial charge in [-0.2, -0.15) is 8.78 Å². The Morgan fingerprint density at radius 2 is 1.77 bits per heavy atom. The molecule has 130 valence electrons. The van der Waals surface area contributed by atoms with Gasteiger partial charge in [0.2, 0.25) is 0 Å². The molecular weight excluding hydrogens is 298 g/mol. The Morgan fingerprint density at radius 3 is 2.18 bits per heavy atom. The Hall–Kier alpha value is -1.44. The van der Waals surface area contributed by atoms with Crippen LogP contribution in [0.3, 0.4) is 0 Å². The molecule has 0 spiro atoms. The third-order valence-corrected chi connectivity index (χ3v) is 2.69. The summed E-state index contributed by atoms with van der Waals surface area (Å²) >= 11 is 0. The molecule has 0 heterocycles. The fourth-order valence-electron chi connectivity index (χ4n) is 1.74. The number of rotatable bonds is 7. The molecule has 0 saturated heterocycles. The molecule has 0 aliphatic heterocycles. The molecule has 2 amide bonds. The number of hydrogen-bond acceptors (Lipinski definition) is 4. The van der Waals surface area contributed by atoms with Crippen molar-refractivity contribution < 1.29 is 28.2 Å². The zero-order valence-corrected chi connectivity index (χ0v) is 13.7. The molecule has 0 aliphatic rings. The van der Waals surface area contributed by atoms with E-state index in [4.69, 9.17) is 4.74 Å². The lowest BCUT2D eigenvalue weighted by molar-refractivity contribution is -0.167. The number of alkyl carbamates (subject to hydrolysis) is 1. The summed E-state index contributed by atoms with van der Waals surface area (Å²) in [6.45, 7) is 8.09. The summed E-state index contributed by atoms with van der Waals surface area (Å²) < 4.78 is 32.8. The highest BCUT2D eigenvalue weighted by atomic mass is 19.3. The Labute approximate surface area is 129 Å². The Morgan fingerprint density at radius 1 is 1.23 bits per heavy atom. The van der Waals surface area contributed by atoms with E-state index in [1.807, 2.05) is 5.32 Å². The highest BCUT2D eigenvalue weighted by Gasteiger charge is 2.50. The molecule has 8 heteroatoms. The van der Waals surface area contributed by atoms with Crippen LogP contribution in [0.4, 0.5) is 13.6 Å². The maximum Gasteiger partial charge on any atom is 0.407 e. The summed E-state index contributed by atoms with van der Waals surface area (Å²) in [4.78, 5) is 23.0. The second-order valence-electron chi connectivity index (χ2n) is 5.97. The predicted molar refractivity (Wildman–Crippen MR) is 77.7 cm³/mol. The van der Waals surface area contributed by atoms with Crippen LogP contribution in [0.5, 0.6) is 0 Å². The number of amides is 2. The second-order valence-corrected chi connectivity index (χ2v) is 5.97. The molecule has 3 N–H and O–H groups in total.